The predicted octanol–water partition coefficient (Wildman–Crippen LogP) is 3.69. The first kappa shape index (κ1) is 13.1. The maximum atomic E-state index is 12.0. The third-order valence-corrected chi connectivity index (χ3v) is 3.52. The van der Waals surface area contributed by atoms with E-state index in [1.165, 1.54) is 18.4 Å². The van der Waals surface area contributed by atoms with Crippen molar-refractivity contribution < 1.29 is 4.79 Å². The van der Waals surface area contributed by atoms with E-state index in [0.29, 0.717) is 18.3 Å². The number of hydrogen-bond acceptors (Lipinski definition) is 1. The summed E-state index contributed by atoms with van der Waals surface area (Å²) in [6.07, 6.45) is 4.10. The van der Waals surface area contributed by atoms with Crippen molar-refractivity contribution in [1.82, 2.24) is 5.32 Å². The molecule has 0 saturated heterocycles. The lowest BCUT2D eigenvalue weighted by Gasteiger charge is -2.19. The summed E-state index contributed by atoms with van der Waals surface area (Å²) in [4.78, 5) is 12.0. The Balaban J connectivity index is 1.93. The zero-order chi connectivity index (χ0) is 13.0. The fourth-order valence-electron chi connectivity index (χ4n) is 2.23. The molecule has 18 heavy (non-hydrogen) atoms. The molecule has 1 N–H and O–H groups in total. The molecule has 1 aliphatic carbocycles. The van der Waals surface area contributed by atoms with Crippen LogP contribution in [0.3, 0.4) is 0 Å². The number of benzene rings is 1. The molecule has 2 heteroatoms. The Hall–Kier alpha value is -1.31. The van der Waals surface area contributed by atoms with Crippen molar-refractivity contribution in [3.05, 3.63) is 35.9 Å². The van der Waals surface area contributed by atoms with Gasteiger partial charge in [-0.3, -0.25) is 4.79 Å². The molecule has 1 amide bonds. The Morgan fingerprint density at radius 1 is 1.28 bits per heavy atom. The normalized spacial score (nSPS) is 16.6. The minimum absolute atomic E-state index is 0.199. The van der Waals surface area contributed by atoms with E-state index in [9.17, 15) is 4.79 Å². The van der Waals surface area contributed by atoms with Gasteiger partial charge in [0.2, 0.25) is 5.91 Å². The van der Waals surface area contributed by atoms with Crippen LogP contribution in [0.15, 0.2) is 30.3 Å². The van der Waals surface area contributed by atoms with E-state index in [1.54, 1.807) is 0 Å². The highest BCUT2D eigenvalue weighted by Crippen LogP contribution is 2.40. The number of hydrogen-bond donors (Lipinski definition) is 1. The van der Waals surface area contributed by atoms with Gasteiger partial charge in [-0.15, -0.1) is 0 Å². The fraction of sp³-hybridized carbons (Fsp3) is 0.562. The molecule has 98 valence electrons. The van der Waals surface area contributed by atoms with Crippen LogP contribution in [0.1, 0.15) is 51.1 Å². The van der Waals surface area contributed by atoms with Crippen molar-refractivity contribution in [3.63, 3.8) is 0 Å². The van der Waals surface area contributed by atoms with Gasteiger partial charge in [0.25, 0.3) is 0 Å². The van der Waals surface area contributed by atoms with Crippen molar-refractivity contribution in [3.8, 4) is 0 Å². The van der Waals surface area contributed by atoms with Gasteiger partial charge in [0.15, 0.2) is 0 Å². The Morgan fingerprint density at radius 3 is 2.50 bits per heavy atom. The van der Waals surface area contributed by atoms with E-state index in [4.69, 9.17) is 0 Å². The first-order valence-corrected chi connectivity index (χ1v) is 7.01. The lowest BCUT2D eigenvalue weighted by atomic mass is 10.0. The smallest absolute Gasteiger partial charge is 0.220 e. The Labute approximate surface area is 110 Å². The highest BCUT2D eigenvalue weighted by Gasteiger charge is 2.33. The third kappa shape index (κ3) is 3.86. The van der Waals surface area contributed by atoms with Gasteiger partial charge in [-0.1, -0.05) is 44.2 Å². The van der Waals surface area contributed by atoms with Crippen molar-refractivity contribution >= 4 is 5.91 Å². The number of nitrogens with one attached hydrogen (secondary N) is 1. The molecule has 0 heterocycles. The molecule has 1 saturated carbocycles. The second-order valence-corrected chi connectivity index (χ2v) is 5.73. The Morgan fingerprint density at radius 2 is 1.94 bits per heavy atom. The summed E-state index contributed by atoms with van der Waals surface area (Å²) in [5, 5.41) is 3.21. The van der Waals surface area contributed by atoms with Crippen LogP contribution in [-0.2, 0) is 4.79 Å². The average molecular weight is 245 g/mol. The molecule has 0 spiro atoms. The summed E-state index contributed by atoms with van der Waals surface area (Å²) in [5.41, 5.74) is 1.25. The number of carbonyl (C=O) groups excluding carboxylic acids is 1. The molecule has 1 aromatic carbocycles. The molecule has 2 rings (SSSR count). The molecule has 1 fully saturated rings. The minimum Gasteiger partial charge on any atom is -0.349 e. The lowest BCUT2D eigenvalue weighted by Crippen LogP contribution is -2.29. The van der Waals surface area contributed by atoms with Gasteiger partial charge >= 0.3 is 0 Å². The minimum atomic E-state index is 0.199. The van der Waals surface area contributed by atoms with Gasteiger partial charge < -0.3 is 5.32 Å². The zero-order valence-corrected chi connectivity index (χ0v) is 11.4. The van der Waals surface area contributed by atoms with Crippen molar-refractivity contribution in [1.29, 1.82) is 0 Å². The highest BCUT2D eigenvalue weighted by atomic mass is 16.1. The Kier molecular flexibility index (Phi) is 4.40. The molecule has 0 aliphatic heterocycles. The molecular formula is C16H23NO. The summed E-state index contributed by atoms with van der Waals surface area (Å²) < 4.78 is 0. The van der Waals surface area contributed by atoms with E-state index in [0.717, 1.165) is 6.42 Å². The number of amides is 1. The summed E-state index contributed by atoms with van der Waals surface area (Å²) in [6, 6.07) is 10.6. The average Bonchev–Trinajstić information content (AvgIpc) is 3.19. The quantitative estimate of drug-likeness (QED) is 0.813. The molecule has 2 nitrogen and oxygen atoms in total. The van der Waals surface area contributed by atoms with Crippen molar-refractivity contribution in [2.45, 2.75) is 45.6 Å². The standard InChI is InChI=1S/C16H23NO/c1-12(2)8-11-15(18)17-16(14-9-10-14)13-6-4-3-5-7-13/h3-7,12,14,16H,8-11H2,1-2H3,(H,17,18). The van der Waals surface area contributed by atoms with E-state index >= 15 is 0 Å². The van der Waals surface area contributed by atoms with Crippen LogP contribution >= 0.6 is 0 Å². The highest BCUT2D eigenvalue weighted by molar-refractivity contribution is 5.76. The van der Waals surface area contributed by atoms with Crippen molar-refractivity contribution in [2.24, 2.45) is 11.8 Å². The maximum Gasteiger partial charge on any atom is 0.220 e. The van der Waals surface area contributed by atoms with Gasteiger partial charge in [0, 0.05) is 6.42 Å². The summed E-state index contributed by atoms with van der Waals surface area (Å²) >= 11 is 0. The lowest BCUT2D eigenvalue weighted by molar-refractivity contribution is -0.122. The van der Waals surface area contributed by atoms with E-state index in [-0.39, 0.29) is 11.9 Å². The van der Waals surface area contributed by atoms with Crippen LogP contribution in [-0.4, -0.2) is 5.91 Å². The maximum absolute atomic E-state index is 12.0. The molecule has 0 bridgehead atoms. The Bertz CT molecular complexity index is 381. The monoisotopic (exact) mass is 245 g/mol. The van der Waals surface area contributed by atoms with Gasteiger partial charge in [-0.2, -0.15) is 0 Å². The second kappa shape index (κ2) is 6.03. The van der Waals surface area contributed by atoms with E-state index in [2.05, 4.69) is 31.3 Å². The van der Waals surface area contributed by atoms with Crippen LogP contribution in [0.4, 0.5) is 0 Å². The van der Waals surface area contributed by atoms with E-state index in [1.807, 2.05) is 18.2 Å². The zero-order valence-electron chi connectivity index (χ0n) is 11.4. The summed E-state index contributed by atoms with van der Waals surface area (Å²) in [7, 11) is 0. The van der Waals surface area contributed by atoms with E-state index < -0.39 is 0 Å². The van der Waals surface area contributed by atoms with Gasteiger partial charge in [-0.25, -0.2) is 0 Å². The topological polar surface area (TPSA) is 29.1 Å². The predicted molar refractivity (Wildman–Crippen MR) is 74.1 cm³/mol. The van der Waals surface area contributed by atoms with Crippen LogP contribution in [0, 0.1) is 11.8 Å². The first-order valence-electron chi connectivity index (χ1n) is 7.01. The second-order valence-electron chi connectivity index (χ2n) is 5.73. The third-order valence-electron chi connectivity index (χ3n) is 3.52. The first-order chi connectivity index (χ1) is 8.66. The summed E-state index contributed by atoms with van der Waals surface area (Å²) in [5.74, 6) is 1.44. The molecule has 0 radical (unpaired) electrons. The molecule has 1 unspecified atom stereocenters. The molecule has 1 aromatic rings. The fourth-order valence-corrected chi connectivity index (χ4v) is 2.23. The van der Waals surface area contributed by atoms with Gasteiger partial charge in [-0.05, 0) is 36.7 Å². The van der Waals surface area contributed by atoms with Gasteiger partial charge in [0.05, 0.1) is 6.04 Å². The largest absolute Gasteiger partial charge is 0.349 e. The summed E-state index contributed by atoms with van der Waals surface area (Å²) in [6.45, 7) is 4.31. The van der Waals surface area contributed by atoms with Crippen LogP contribution in [0.2, 0.25) is 0 Å². The number of carbonyl (C=O) groups is 1. The number of rotatable bonds is 6. The molecule has 0 aromatic heterocycles. The van der Waals surface area contributed by atoms with Crippen LogP contribution < -0.4 is 5.32 Å². The SMILES string of the molecule is CC(C)CCC(=O)NC(c1ccccc1)C1CC1. The molecule has 1 aliphatic rings. The van der Waals surface area contributed by atoms with Crippen LogP contribution in [0.25, 0.3) is 0 Å². The molecular weight excluding hydrogens is 222 g/mol. The van der Waals surface area contributed by atoms with Gasteiger partial charge in [0.1, 0.15) is 0 Å². The van der Waals surface area contributed by atoms with Crippen molar-refractivity contribution in [2.75, 3.05) is 0 Å². The molecule has 1 atom stereocenters. The van der Waals surface area contributed by atoms with Crippen LogP contribution in [0.5, 0.6) is 0 Å².